The van der Waals surface area contributed by atoms with Crippen LogP contribution in [0.3, 0.4) is 0 Å². The third-order valence-electron chi connectivity index (χ3n) is 3.53. The van der Waals surface area contributed by atoms with Crippen LogP contribution in [0.15, 0.2) is 34.7 Å². The summed E-state index contributed by atoms with van der Waals surface area (Å²) < 4.78 is 0. The first-order valence-corrected chi connectivity index (χ1v) is 8.63. The first kappa shape index (κ1) is 17.3. The minimum absolute atomic E-state index is 0.792. The highest BCUT2D eigenvalue weighted by Crippen LogP contribution is 2.24. The molecule has 2 heteroatoms. The van der Waals surface area contributed by atoms with Gasteiger partial charge in [-0.15, -0.1) is 11.8 Å². The van der Waals surface area contributed by atoms with E-state index >= 15 is 0 Å². The minimum atomic E-state index is 0.792. The summed E-state index contributed by atoms with van der Waals surface area (Å²) in [6, 6.07) is 9.01. The molecule has 1 aromatic rings. The Kier molecular flexibility index (Phi) is 8.01. The van der Waals surface area contributed by atoms with E-state index in [1.165, 1.54) is 33.8 Å². The van der Waals surface area contributed by atoms with Crippen LogP contribution < -0.4 is 5.32 Å². The van der Waals surface area contributed by atoms with Crippen LogP contribution in [-0.2, 0) is 0 Å². The summed E-state index contributed by atoms with van der Waals surface area (Å²) in [6.07, 6.45) is 1.28. The first-order chi connectivity index (χ1) is 9.54. The van der Waals surface area contributed by atoms with Gasteiger partial charge in [0, 0.05) is 11.4 Å². The summed E-state index contributed by atoms with van der Waals surface area (Å²) in [7, 11) is 0. The molecule has 0 saturated carbocycles. The largest absolute Gasteiger partial charge is 0.313 e. The van der Waals surface area contributed by atoms with Crippen molar-refractivity contribution in [1.82, 2.24) is 5.32 Å². The maximum Gasteiger partial charge on any atom is 0.0167 e. The maximum absolute atomic E-state index is 3.39. The van der Waals surface area contributed by atoms with E-state index in [1.807, 2.05) is 11.8 Å². The van der Waals surface area contributed by atoms with Gasteiger partial charge in [-0.3, -0.25) is 0 Å². The molecule has 0 amide bonds. The second-order valence-electron chi connectivity index (χ2n) is 5.74. The Morgan fingerprint density at radius 1 is 1.15 bits per heavy atom. The number of hydrogen-bond acceptors (Lipinski definition) is 2. The Morgan fingerprint density at radius 2 is 1.80 bits per heavy atom. The average Bonchev–Trinajstić information content (AvgIpc) is 2.44. The highest BCUT2D eigenvalue weighted by molar-refractivity contribution is 7.99. The molecule has 0 saturated heterocycles. The third-order valence-corrected chi connectivity index (χ3v) is 4.58. The fourth-order valence-corrected chi connectivity index (χ4v) is 3.06. The molecular weight excluding hydrogens is 262 g/mol. The van der Waals surface area contributed by atoms with Crippen LogP contribution in [0.4, 0.5) is 0 Å². The molecule has 1 aromatic carbocycles. The van der Waals surface area contributed by atoms with Crippen molar-refractivity contribution < 1.29 is 0 Å². The van der Waals surface area contributed by atoms with Crippen molar-refractivity contribution in [3.05, 3.63) is 35.4 Å². The SMILES string of the molecule is CCNCC(C)=C(C)c1ccc(SCCC(C)C)cc1. The van der Waals surface area contributed by atoms with Crippen molar-refractivity contribution in [2.24, 2.45) is 5.92 Å². The van der Waals surface area contributed by atoms with E-state index in [4.69, 9.17) is 0 Å². The Balaban J connectivity index is 2.61. The fourth-order valence-electron chi connectivity index (χ4n) is 1.91. The van der Waals surface area contributed by atoms with E-state index in [1.54, 1.807) is 0 Å². The van der Waals surface area contributed by atoms with E-state index < -0.39 is 0 Å². The number of thioether (sulfide) groups is 1. The number of allylic oxidation sites excluding steroid dienone is 1. The van der Waals surface area contributed by atoms with Gasteiger partial charge in [-0.05, 0) is 61.8 Å². The lowest BCUT2D eigenvalue weighted by atomic mass is 10.0. The minimum Gasteiger partial charge on any atom is -0.313 e. The molecule has 1 rings (SSSR count). The van der Waals surface area contributed by atoms with Crippen LogP contribution >= 0.6 is 11.8 Å². The van der Waals surface area contributed by atoms with Crippen molar-refractivity contribution >= 4 is 17.3 Å². The summed E-state index contributed by atoms with van der Waals surface area (Å²) in [4.78, 5) is 1.38. The molecule has 112 valence electrons. The summed E-state index contributed by atoms with van der Waals surface area (Å²) >= 11 is 1.96. The number of hydrogen-bond donors (Lipinski definition) is 1. The molecule has 0 radical (unpaired) electrons. The number of likely N-dealkylation sites (N-methyl/N-ethyl adjacent to an activating group) is 1. The predicted octanol–water partition coefficient (Wildman–Crippen LogP) is 5.23. The van der Waals surface area contributed by atoms with Gasteiger partial charge in [-0.2, -0.15) is 0 Å². The van der Waals surface area contributed by atoms with Gasteiger partial charge in [-0.1, -0.05) is 38.5 Å². The second kappa shape index (κ2) is 9.25. The van der Waals surface area contributed by atoms with Crippen LogP contribution in [0.5, 0.6) is 0 Å². The van der Waals surface area contributed by atoms with Gasteiger partial charge in [0.05, 0.1) is 0 Å². The molecule has 1 N–H and O–H groups in total. The van der Waals surface area contributed by atoms with Crippen molar-refractivity contribution in [3.8, 4) is 0 Å². The van der Waals surface area contributed by atoms with Gasteiger partial charge in [0.25, 0.3) is 0 Å². The molecule has 20 heavy (non-hydrogen) atoms. The normalized spacial score (nSPS) is 12.7. The lowest BCUT2D eigenvalue weighted by molar-refractivity contribution is 0.632. The molecule has 0 aliphatic carbocycles. The molecule has 1 nitrogen and oxygen atoms in total. The van der Waals surface area contributed by atoms with Gasteiger partial charge in [0.1, 0.15) is 0 Å². The number of rotatable bonds is 8. The molecule has 0 fully saturated rings. The molecule has 0 aliphatic rings. The van der Waals surface area contributed by atoms with Crippen molar-refractivity contribution in [2.75, 3.05) is 18.8 Å². The number of benzene rings is 1. The van der Waals surface area contributed by atoms with Gasteiger partial charge in [0.2, 0.25) is 0 Å². The maximum atomic E-state index is 3.39. The predicted molar refractivity (Wildman–Crippen MR) is 93.4 cm³/mol. The first-order valence-electron chi connectivity index (χ1n) is 7.64. The molecule has 0 aromatic heterocycles. The Morgan fingerprint density at radius 3 is 2.35 bits per heavy atom. The molecule has 0 bridgehead atoms. The molecular formula is C18H29NS. The molecule has 0 unspecified atom stereocenters. The van der Waals surface area contributed by atoms with E-state index in [0.29, 0.717) is 0 Å². The van der Waals surface area contributed by atoms with Crippen molar-refractivity contribution in [2.45, 2.75) is 45.9 Å². The Hall–Kier alpha value is -0.730. The van der Waals surface area contributed by atoms with Crippen molar-refractivity contribution in [1.29, 1.82) is 0 Å². The molecule has 0 spiro atoms. The van der Waals surface area contributed by atoms with Crippen LogP contribution in [0.25, 0.3) is 5.57 Å². The van der Waals surface area contributed by atoms with Gasteiger partial charge in [0.15, 0.2) is 0 Å². The number of nitrogens with one attached hydrogen (secondary N) is 1. The Labute approximate surface area is 129 Å². The monoisotopic (exact) mass is 291 g/mol. The zero-order chi connectivity index (χ0) is 15.0. The second-order valence-corrected chi connectivity index (χ2v) is 6.91. The Bertz CT molecular complexity index is 418. The lowest BCUT2D eigenvalue weighted by Crippen LogP contribution is -2.15. The van der Waals surface area contributed by atoms with E-state index in [2.05, 4.69) is 64.2 Å². The highest BCUT2D eigenvalue weighted by atomic mass is 32.2. The van der Waals surface area contributed by atoms with Crippen LogP contribution in [0.2, 0.25) is 0 Å². The zero-order valence-electron chi connectivity index (χ0n) is 13.6. The molecule has 0 aliphatic heterocycles. The quantitative estimate of drug-likeness (QED) is 0.658. The van der Waals surface area contributed by atoms with Gasteiger partial charge < -0.3 is 5.32 Å². The van der Waals surface area contributed by atoms with E-state index in [0.717, 1.165) is 19.0 Å². The van der Waals surface area contributed by atoms with Crippen LogP contribution in [0, 0.1) is 5.92 Å². The lowest BCUT2D eigenvalue weighted by Gasteiger charge is -2.10. The summed E-state index contributed by atoms with van der Waals surface area (Å²) in [5.74, 6) is 2.01. The topological polar surface area (TPSA) is 12.0 Å². The summed E-state index contributed by atoms with van der Waals surface area (Å²) in [5.41, 5.74) is 4.16. The van der Waals surface area contributed by atoms with Crippen molar-refractivity contribution in [3.63, 3.8) is 0 Å². The smallest absolute Gasteiger partial charge is 0.0167 e. The summed E-state index contributed by atoms with van der Waals surface area (Å²) in [6.45, 7) is 13.1. The fraction of sp³-hybridized carbons (Fsp3) is 0.556. The van der Waals surface area contributed by atoms with Gasteiger partial charge in [-0.25, -0.2) is 0 Å². The zero-order valence-corrected chi connectivity index (χ0v) is 14.4. The molecule has 0 atom stereocenters. The highest BCUT2D eigenvalue weighted by Gasteiger charge is 2.02. The van der Waals surface area contributed by atoms with E-state index in [-0.39, 0.29) is 0 Å². The molecule has 0 heterocycles. The van der Waals surface area contributed by atoms with Gasteiger partial charge >= 0.3 is 0 Å². The standard InChI is InChI=1S/C18H29NS/c1-6-19-13-15(4)16(5)17-7-9-18(10-8-17)20-12-11-14(2)3/h7-10,14,19H,6,11-13H2,1-5H3. The van der Waals surface area contributed by atoms with Crippen LogP contribution in [0.1, 0.15) is 46.6 Å². The summed E-state index contributed by atoms with van der Waals surface area (Å²) in [5, 5.41) is 3.39. The van der Waals surface area contributed by atoms with Crippen LogP contribution in [-0.4, -0.2) is 18.8 Å². The third kappa shape index (κ3) is 6.15. The average molecular weight is 292 g/mol. The van der Waals surface area contributed by atoms with E-state index in [9.17, 15) is 0 Å².